The molecule has 69 heavy (non-hydrogen) atoms. The van der Waals surface area contributed by atoms with Crippen LogP contribution in [0.15, 0.2) is 66.7 Å². The van der Waals surface area contributed by atoms with E-state index in [1.54, 1.807) is 13.2 Å². The highest BCUT2D eigenvalue weighted by Crippen LogP contribution is 2.64. The van der Waals surface area contributed by atoms with Gasteiger partial charge in [0.05, 0.1) is 13.0 Å². The van der Waals surface area contributed by atoms with Gasteiger partial charge in [-0.15, -0.1) is 0 Å². The van der Waals surface area contributed by atoms with Crippen molar-refractivity contribution in [1.82, 2.24) is 20.9 Å². The zero-order valence-electron chi connectivity index (χ0n) is 40.7. The van der Waals surface area contributed by atoms with Crippen LogP contribution >= 0.6 is 0 Å². The van der Waals surface area contributed by atoms with Crippen molar-refractivity contribution in [2.75, 3.05) is 65.5 Å². The van der Waals surface area contributed by atoms with Crippen LogP contribution in [0.4, 0.5) is 11.5 Å². The molecule has 13 nitrogen and oxygen atoms in total. The number of anilines is 2. The van der Waals surface area contributed by atoms with Crippen molar-refractivity contribution < 1.29 is 34.0 Å². The second-order valence-corrected chi connectivity index (χ2v) is 19.1. The van der Waals surface area contributed by atoms with Crippen LogP contribution in [-0.2, 0) is 40.8 Å². The minimum Gasteiger partial charge on any atom is -0.508 e. The number of nitrogens with one attached hydrogen (secondary N) is 4. The Morgan fingerprint density at radius 1 is 0.986 bits per heavy atom. The molecule has 0 unspecified atom stereocenters. The summed E-state index contributed by atoms with van der Waals surface area (Å²) in [4.78, 5) is 17.7. The molecular formula is C56H66N6O7. The Hall–Kier alpha value is -6.46. The molecule has 8 N–H and O–H groups in total. The van der Waals surface area contributed by atoms with Crippen molar-refractivity contribution >= 4 is 17.5 Å². The number of nitrogens with two attached hydrogens (primary N) is 1. The number of fused-ring (bicyclic) bond motifs is 7. The summed E-state index contributed by atoms with van der Waals surface area (Å²) < 4.78 is 26.2. The first kappa shape index (κ1) is 47.6. The summed E-state index contributed by atoms with van der Waals surface area (Å²) in [5.74, 6) is 8.78. The maximum atomic E-state index is 12.7. The quantitative estimate of drug-likeness (QED) is 0.0377. The van der Waals surface area contributed by atoms with Gasteiger partial charge >= 0.3 is 5.97 Å². The number of pyridine rings is 1. The van der Waals surface area contributed by atoms with Crippen LogP contribution in [0.2, 0.25) is 0 Å². The Bertz CT molecular complexity index is 2800. The van der Waals surface area contributed by atoms with E-state index in [1.807, 2.05) is 39.3 Å². The lowest BCUT2D eigenvalue weighted by Gasteiger charge is -2.39. The third kappa shape index (κ3) is 9.13. The van der Waals surface area contributed by atoms with Crippen LogP contribution < -0.4 is 41.2 Å². The molecule has 4 aromatic carbocycles. The maximum absolute atomic E-state index is 12.7. The summed E-state index contributed by atoms with van der Waals surface area (Å²) in [6, 6.07) is 22.4. The van der Waals surface area contributed by atoms with E-state index in [0.29, 0.717) is 54.6 Å². The number of ether oxygens (including phenoxy) is 4. The summed E-state index contributed by atoms with van der Waals surface area (Å²) in [6.45, 7) is 5.81. The second kappa shape index (κ2) is 20.2. The molecule has 4 bridgehead atoms. The maximum Gasteiger partial charge on any atom is 0.302 e. The highest BCUT2D eigenvalue weighted by molar-refractivity contribution is 5.84. The molecular weight excluding hydrogens is 869 g/mol. The predicted molar refractivity (Wildman–Crippen MR) is 270 cm³/mol. The van der Waals surface area contributed by atoms with Gasteiger partial charge in [-0.05, 0) is 136 Å². The third-order valence-electron chi connectivity index (χ3n) is 14.9. The first-order valence-electron chi connectivity index (χ1n) is 24.4. The van der Waals surface area contributed by atoms with Gasteiger partial charge in [-0.1, -0.05) is 42.3 Å². The van der Waals surface area contributed by atoms with Crippen LogP contribution in [0.5, 0.6) is 28.7 Å². The molecule has 362 valence electrons. The molecule has 2 aliphatic heterocycles. The number of carbonyl (C=O) groups excluding carboxylic acids is 1. The lowest BCUT2D eigenvalue weighted by molar-refractivity contribution is -0.141. The van der Waals surface area contributed by atoms with Crippen molar-refractivity contribution in [2.45, 2.75) is 94.8 Å². The topological polar surface area (TPSA) is 181 Å². The number of nitrogens with zero attached hydrogens (tertiary/aromatic N) is 1. The fourth-order valence-electron chi connectivity index (χ4n) is 12.0. The number of esters is 1. The molecule has 1 aromatic heterocycles. The average molecular weight is 935 g/mol. The largest absolute Gasteiger partial charge is 0.508 e. The second-order valence-electron chi connectivity index (χ2n) is 19.1. The molecule has 1 spiro atoms. The molecule has 1 saturated carbocycles. The number of para-hydroxylation sites is 1. The number of aromatic hydroxyl groups is 2. The number of aryl methyl sites for hydroxylation is 1. The number of phenols is 2. The zero-order chi connectivity index (χ0) is 48.4. The molecule has 1 fully saturated rings. The SMILES string of the molecule is CCNc1ccccc1CC[C@H]1c2ccc(N)nc2C#CCc2c(cc(OC(CNC)CNC)c(O)c2CNC)[C@H]2Oc3c(ccc4c3[C@]3(CC[C@@H]1C3)Cc1cc(O)cc(OC)c1-4)[C@@H]2COC(C)=O. The van der Waals surface area contributed by atoms with E-state index in [-0.39, 0.29) is 48.4 Å². The summed E-state index contributed by atoms with van der Waals surface area (Å²) in [5, 5.41) is 36.7. The molecule has 9 rings (SSSR count). The summed E-state index contributed by atoms with van der Waals surface area (Å²) in [7, 11) is 7.23. The molecule has 2 aliphatic carbocycles. The highest BCUT2D eigenvalue weighted by atomic mass is 16.5. The van der Waals surface area contributed by atoms with Gasteiger partial charge in [0.25, 0.3) is 0 Å². The first-order valence-corrected chi connectivity index (χ1v) is 24.4. The van der Waals surface area contributed by atoms with E-state index in [0.717, 1.165) is 94.6 Å². The number of methoxy groups -OCH3 is 1. The number of phenolic OH excluding ortho intramolecular Hbond substituents is 2. The number of benzene rings is 4. The van der Waals surface area contributed by atoms with E-state index < -0.39 is 17.4 Å². The molecule has 5 atom stereocenters. The monoisotopic (exact) mass is 934 g/mol. The zero-order valence-corrected chi connectivity index (χ0v) is 40.7. The molecule has 0 amide bonds. The van der Waals surface area contributed by atoms with E-state index in [2.05, 4.69) is 82.5 Å². The van der Waals surface area contributed by atoms with E-state index in [9.17, 15) is 15.0 Å². The van der Waals surface area contributed by atoms with Gasteiger partial charge < -0.3 is 56.2 Å². The van der Waals surface area contributed by atoms with E-state index in [4.69, 9.17) is 29.7 Å². The van der Waals surface area contributed by atoms with Crippen molar-refractivity contribution in [3.8, 4) is 51.7 Å². The number of carbonyl (C=O) groups is 1. The number of nitrogen functional groups attached to an aromatic ring is 1. The van der Waals surface area contributed by atoms with Gasteiger partial charge in [0.15, 0.2) is 11.5 Å². The van der Waals surface area contributed by atoms with Crippen LogP contribution in [-0.4, -0.2) is 81.8 Å². The van der Waals surface area contributed by atoms with Crippen LogP contribution in [0, 0.1) is 17.8 Å². The molecule has 3 heterocycles. The Labute approximate surface area is 405 Å². The van der Waals surface area contributed by atoms with Gasteiger partial charge in [0, 0.05) is 84.5 Å². The Morgan fingerprint density at radius 2 is 1.78 bits per heavy atom. The van der Waals surface area contributed by atoms with Crippen molar-refractivity contribution in [3.05, 3.63) is 117 Å². The minimum absolute atomic E-state index is 0.0216. The van der Waals surface area contributed by atoms with Crippen LogP contribution in [0.25, 0.3) is 11.1 Å². The smallest absolute Gasteiger partial charge is 0.302 e. The molecule has 13 heteroatoms. The minimum atomic E-state index is -0.665. The molecule has 0 radical (unpaired) electrons. The van der Waals surface area contributed by atoms with Gasteiger partial charge in [-0.2, -0.15) is 0 Å². The lowest BCUT2D eigenvalue weighted by atomic mass is 9.64. The fraction of sp³-hybridized carbons (Fsp3) is 0.429. The van der Waals surface area contributed by atoms with Gasteiger partial charge in [-0.3, -0.25) is 4.79 Å². The normalized spacial score (nSPS) is 20.6. The number of aromatic nitrogens is 1. The molecule has 5 aromatic rings. The van der Waals surface area contributed by atoms with E-state index in [1.165, 1.54) is 12.5 Å². The molecule has 0 saturated heterocycles. The lowest BCUT2D eigenvalue weighted by Crippen LogP contribution is -2.37. The Morgan fingerprint density at radius 3 is 2.54 bits per heavy atom. The van der Waals surface area contributed by atoms with E-state index >= 15 is 0 Å². The standard InChI is InChI=1S/C56H66N6O7/c1-7-61-46-13-9-8-11-33(46)15-16-38-34-21-22-56(26-34)27-35-23-36(64)24-48(66-6)51(35)42-18-17-41-45(31-67-32(2)63)54(69-55(41)52(42)56)43-25-49(68-37(28-58-3)29-59-4)53(65)44(30-60-5)39(43)12-10-14-47-40(38)19-20-50(57)62-47/h8-9,11,13,17-20,23-25,34,37-38,45,54,58-61,64-65H,7,12,15-16,21-22,26-31H2,1-6H3,(H2,57,62)/t34-,38-,45+,54-,56+/m1/s1. The van der Waals surface area contributed by atoms with Crippen LogP contribution in [0.1, 0.15) is 108 Å². The average Bonchev–Trinajstić information content (AvgIpc) is 3.92. The highest BCUT2D eigenvalue weighted by Gasteiger charge is 2.52. The first-order chi connectivity index (χ1) is 33.5. The van der Waals surface area contributed by atoms with Crippen molar-refractivity contribution in [2.24, 2.45) is 5.92 Å². The number of hydrogen-bond acceptors (Lipinski definition) is 13. The van der Waals surface area contributed by atoms with Crippen molar-refractivity contribution in [1.29, 1.82) is 0 Å². The van der Waals surface area contributed by atoms with Gasteiger partial charge in [0.1, 0.15) is 47.6 Å². The summed E-state index contributed by atoms with van der Waals surface area (Å²) in [6.07, 6.45) is 4.23. The third-order valence-corrected chi connectivity index (χ3v) is 14.9. The van der Waals surface area contributed by atoms with Crippen LogP contribution in [0.3, 0.4) is 0 Å². The number of likely N-dealkylation sites (N-methyl/N-ethyl adjacent to an activating group) is 2. The summed E-state index contributed by atoms with van der Waals surface area (Å²) in [5.41, 5.74) is 17.5. The van der Waals surface area contributed by atoms with Gasteiger partial charge in [0.2, 0.25) is 0 Å². The van der Waals surface area contributed by atoms with Crippen molar-refractivity contribution in [3.63, 3.8) is 0 Å². The number of rotatable bonds is 16. The molecule has 4 aliphatic rings. The Balaban J connectivity index is 1.31. The predicted octanol–water partition coefficient (Wildman–Crippen LogP) is 7.79. The fourth-order valence-corrected chi connectivity index (χ4v) is 12.0. The van der Waals surface area contributed by atoms with Gasteiger partial charge in [-0.25, -0.2) is 4.98 Å². The Kier molecular flexibility index (Phi) is 14.0. The number of hydrogen-bond donors (Lipinski definition) is 7. The summed E-state index contributed by atoms with van der Waals surface area (Å²) >= 11 is 0.